The van der Waals surface area contributed by atoms with Crippen LogP contribution >= 0.6 is 0 Å². The van der Waals surface area contributed by atoms with Crippen LogP contribution in [0.5, 0.6) is 0 Å². The lowest BCUT2D eigenvalue weighted by Gasteiger charge is -2.39. The van der Waals surface area contributed by atoms with Crippen molar-refractivity contribution in [3.63, 3.8) is 0 Å². The Morgan fingerprint density at radius 2 is 2.05 bits per heavy atom. The maximum atomic E-state index is 13.6. The summed E-state index contributed by atoms with van der Waals surface area (Å²) in [6, 6.07) is 5.18. The fraction of sp³-hybridized carbons (Fsp3) is 0.533. The lowest BCUT2D eigenvalue weighted by Crippen LogP contribution is -2.51. The van der Waals surface area contributed by atoms with E-state index in [0.29, 0.717) is 18.6 Å². The van der Waals surface area contributed by atoms with E-state index in [2.05, 4.69) is 24.3 Å². The Kier molecular flexibility index (Phi) is 4.73. The van der Waals surface area contributed by atoms with E-state index in [4.69, 9.17) is 5.11 Å². The first-order chi connectivity index (χ1) is 9.49. The minimum atomic E-state index is -1.24. The molecule has 110 valence electrons. The summed E-state index contributed by atoms with van der Waals surface area (Å²) >= 11 is 0. The molecule has 4 nitrogen and oxygen atoms in total. The predicted octanol–water partition coefficient (Wildman–Crippen LogP) is 2.79. The first kappa shape index (κ1) is 14.9. The summed E-state index contributed by atoms with van der Waals surface area (Å²) in [6.07, 6.45) is 3.55. The first-order valence-electron chi connectivity index (χ1n) is 7.02. The van der Waals surface area contributed by atoms with Gasteiger partial charge in [-0.15, -0.1) is 0 Å². The molecule has 20 heavy (non-hydrogen) atoms. The Hall–Kier alpha value is -1.46. The van der Waals surface area contributed by atoms with Crippen LogP contribution in [0.4, 0.5) is 4.39 Å². The summed E-state index contributed by atoms with van der Waals surface area (Å²) in [7, 11) is 0. The van der Waals surface area contributed by atoms with Crippen LogP contribution in [0.2, 0.25) is 0 Å². The van der Waals surface area contributed by atoms with Crippen molar-refractivity contribution in [3.05, 3.63) is 35.1 Å². The highest BCUT2D eigenvalue weighted by Crippen LogP contribution is 2.20. The molecule has 2 atom stereocenters. The van der Waals surface area contributed by atoms with Crippen molar-refractivity contribution < 1.29 is 14.3 Å². The second-order valence-corrected chi connectivity index (χ2v) is 5.49. The maximum absolute atomic E-state index is 13.6. The summed E-state index contributed by atoms with van der Waals surface area (Å²) in [5.74, 6) is -1.92. The molecule has 1 saturated heterocycles. The zero-order chi connectivity index (χ0) is 14.7. The lowest BCUT2D eigenvalue weighted by atomic mass is 10.00. The van der Waals surface area contributed by atoms with Crippen LogP contribution in [0.25, 0.3) is 0 Å². The smallest absolute Gasteiger partial charge is 0.338 e. The quantitative estimate of drug-likeness (QED) is 0.890. The van der Waals surface area contributed by atoms with Crippen molar-refractivity contribution in [3.8, 4) is 0 Å². The number of carboxylic acids is 1. The van der Waals surface area contributed by atoms with Crippen LogP contribution in [0.3, 0.4) is 0 Å². The molecular formula is C15H21FN2O2. The molecule has 1 aromatic carbocycles. The number of nitrogens with zero attached hydrogens (tertiary/aromatic N) is 1. The Labute approximate surface area is 118 Å². The maximum Gasteiger partial charge on any atom is 0.338 e. The van der Waals surface area contributed by atoms with Crippen molar-refractivity contribution in [2.45, 2.75) is 51.7 Å². The number of hydrogen-bond acceptors (Lipinski definition) is 3. The standard InChI is InChI=1S/C15H21FN2O2/c1-10-4-3-5-11(2)18(10)17-9-12-6-7-13(15(19)20)14(16)8-12/h6-8,10-11,17H,3-5,9H2,1-2H3,(H,19,20). The molecule has 0 aliphatic carbocycles. The van der Waals surface area contributed by atoms with Gasteiger partial charge >= 0.3 is 5.97 Å². The van der Waals surface area contributed by atoms with Gasteiger partial charge in [0.25, 0.3) is 0 Å². The summed E-state index contributed by atoms with van der Waals surface area (Å²) < 4.78 is 13.6. The van der Waals surface area contributed by atoms with Crippen LogP contribution in [0.1, 0.15) is 49.0 Å². The molecule has 2 N–H and O–H groups in total. The molecule has 1 fully saturated rings. The molecule has 1 aromatic rings. The van der Waals surface area contributed by atoms with Crippen molar-refractivity contribution in [2.75, 3.05) is 0 Å². The van der Waals surface area contributed by atoms with Gasteiger partial charge in [0.15, 0.2) is 0 Å². The third-order valence-corrected chi connectivity index (χ3v) is 3.92. The second-order valence-electron chi connectivity index (χ2n) is 5.49. The van der Waals surface area contributed by atoms with E-state index in [-0.39, 0.29) is 5.56 Å². The van der Waals surface area contributed by atoms with Crippen LogP contribution in [-0.2, 0) is 6.54 Å². The Bertz CT molecular complexity index is 483. The van der Waals surface area contributed by atoms with Crippen molar-refractivity contribution >= 4 is 5.97 Å². The summed E-state index contributed by atoms with van der Waals surface area (Å²) in [5, 5.41) is 11.0. The van der Waals surface area contributed by atoms with E-state index < -0.39 is 11.8 Å². The molecule has 1 heterocycles. The van der Waals surface area contributed by atoms with Crippen molar-refractivity contribution in [2.24, 2.45) is 0 Å². The topological polar surface area (TPSA) is 52.6 Å². The number of hydrogen-bond donors (Lipinski definition) is 2. The number of aromatic carboxylic acids is 1. The molecular weight excluding hydrogens is 259 g/mol. The number of nitrogens with one attached hydrogen (secondary N) is 1. The van der Waals surface area contributed by atoms with Crippen molar-refractivity contribution in [1.82, 2.24) is 10.4 Å². The molecule has 1 aliphatic heterocycles. The van der Waals surface area contributed by atoms with Crippen molar-refractivity contribution in [1.29, 1.82) is 0 Å². The fourth-order valence-corrected chi connectivity index (χ4v) is 2.76. The van der Waals surface area contributed by atoms with Crippen LogP contribution in [-0.4, -0.2) is 28.2 Å². The number of piperidine rings is 1. The molecule has 0 bridgehead atoms. The summed E-state index contributed by atoms with van der Waals surface area (Å²) in [5.41, 5.74) is 3.80. The molecule has 0 aromatic heterocycles. The number of benzene rings is 1. The summed E-state index contributed by atoms with van der Waals surface area (Å²) in [6.45, 7) is 4.86. The minimum Gasteiger partial charge on any atom is -0.478 e. The Morgan fingerprint density at radius 3 is 2.60 bits per heavy atom. The van der Waals surface area contributed by atoms with E-state index in [1.165, 1.54) is 18.6 Å². The van der Waals surface area contributed by atoms with Gasteiger partial charge in [-0.1, -0.05) is 12.5 Å². The third kappa shape index (κ3) is 3.35. The SMILES string of the molecule is CC1CCCC(C)N1NCc1ccc(C(=O)O)c(F)c1. The lowest BCUT2D eigenvalue weighted by molar-refractivity contribution is 0.0435. The monoisotopic (exact) mass is 280 g/mol. The van der Waals surface area contributed by atoms with Gasteiger partial charge in [0, 0.05) is 18.6 Å². The minimum absolute atomic E-state index is 0.284. The van der Waals surface area contributed by atoms with Gasteiger partial charge < -0.3 is 5.11 Å². The third-order valence-electron chi connectivity index (χ3n) is 3.92. The molecule has 0 spiro atoms. The van der Waals surface area contributed by atoms with Gasteiger partial charge in [0.1, 0.15) is 5.82 Å². The largest absolute Gasteiger partial charge is 0.478 e. The average Bonchev–Trinajstić information content (AvgIpc) is 2.37. The van der Waals surface area contributed by atoms with Gasteiger partial charge in [-0.3, -0.25) is 5.43 Å². The van der Waals surface area contributed by atoms with E-state index in [0.717, 1.165) is 18.4 Å². The van der Waals surface area contributed by atoms with E-state index >= 15 is 0 Å². The second kappa shape index (κ2) is 6.33. The molecule has 0 saturated carbocycles. The zero-order valence-electron chi connectivity index (χ0n) is 11.9. The molecule has 2 unspecified atom stereocenters. The highest BCUT2D eigenvalue weighted by atomic mass is 19.1. The number of rotatable bonds is 4. The normalized spacial score (nSPS) is 23.8. The van der Waals surface area contributed by atoms with Gasteiger partial charge in [0.05, 0.1) is 5.56 Å². The van der Waals surface area contributed by atoms with Gasteiger partial charge in [-0.25, -0.2) is 14.2 Å². The molecule has 0 amide bonds. The summed E-state index contributed by atoms with van der Waals surface area (Å²) in [4.78, 5) is 10.8. The highest BCUT2D eigenvalue weighted by molar-refractivity contribution is 5.87. The predicted molar refractivity (Wildman–Crippen MR) is 74.8 cm³/mol. The van der Waals surface area contributed by atoms with E-state index in [1.807, 2.05) is 0 Å². The fourth-order valence-electron chi connectivity index (χ4n) is 2.76. The Morgan fingerprint density at radius 1 is 1.40 bits per heavy atom. The van der Waals surface area contributed by atoms with Gasteiger partial charge in [0.2, 0.25) is 0 Å². The van der Waals surface area contributed by atoms with Gasteiger partial charge in [-0.05, 0) is 44.4 Å². The van der Waals surface area contributed by atoms with E-state index in [1.54, 1.807) is 6.07 Å². The molecule has 0 radical (unpaired) electrons. The Balaban J connectivity index is 2.00. The van der Waals surface area contributed by atoms with Crippen LogP contribution in [0.15, 0.2) is 18.2 Å². The molecule has 2 rings (SSSR count). The van der Waals surface area contributed by atoms with Gasteiger partial charge in [-0.2, -0.15) is 0 Å². The van der Waals surface area contributed by atoms with Crippen LogP contribution < -0.4 is 5.43 Å². The number of carboxylic acid groups (broad SMARTS) is 1. The number of hydrazine groups is 1. The van der Waals surface area contributed by atoms with Crippen LogP contribution in [0, 0.1) is 5.82 Å². The average molecular weight is 280 g/mol. The zero-order valence-corrected chi connectivity index (χ0v) is 11.9. The number of carbonyl (C=O) groups is 1. The number of halogens is 1. The molecule has 1 aliphatic rings. The molecule has 5 heteroatoms. The van der Waals surface area contributed by atoms with E-state index in [9.17, 15) is 9.18 Å². The highest BCUT2D eigenvalue weighted by Gasteiger charge is 2.24. The first-order valence-corrected chi connectivity index (χ1v) is 7.02.